The SMILES string of the molecule is COc1ccccc1CCN1C(=O)CC[C@H]1CCNCc1cc2c(cc1Cl)OCO2. The number of benzene rings is 2. The maximum Gasteiger partial charge on any atom is 0.231 e. The number of carbonyl (C=O) groups is 1. The minimum absolute atomic E-state index is 0.239. The molecule has 1 N–H and O–H groups in total. The molecule has 6 nitrogen and oxygen atoms in total. The third-order valence-corrected chi connectivity index (χ3v) is 6.13. The molecule has 160 valence electrons. The molecule has 1 fully saturated rings. The fourth-order valence-corrected chi connectivity index (χ4v) is 4.36. The molecule has 4 rings (SSSR count). The summed E-state index contributed by atoms with van der Waals surface area (Å²) in [7, 11) is 1.68. The van der Waals surface area contributed by atoms with Crippen LogP contribution in [0.5, 0.6) is 17.2 Å². The second kappa shape index (κ2) is 9.58. The van der Waals surface area contributed by atoms with E-state index in [-0.39, 0.29) is 18.7 Å². The van der Waals surface area contributed by atoms with Crippen molar-refractivity contribution < 1.29 is 19.0 Å². The van der Waals surface area contributed by atoms with Gasteiger partial charge in [0.1, 0.15) is 5.75 Å². The molecule has 0 unspecified atom stereocenters. The summed E-state index contributed by atoms with van der Waals surface area (Å²) in [5.41, 5.74) is 2.12. The Labute approximate surface area is 182 Å². The molecule has 1 atom stereocenters. The van der Waals surface area contributed by atoms with Crippen LogP contribution >= 0.6 is 11.6 Å². The lowest BCUT2D eigenvalue weighted by Crippen LogP contribution is -2.36. The van der Waals surface area contributed by atoms with Crippen LogP contribution in [-0.2, 0) is 17.8 Å². The Hall–Kier alpha value is -2.44. The Morgan fingerprint density at radius 3 is 2.83 bits per heavy atom. The van der Waals surface area contributed by atoms with Crippen LogP contribution in [0.2, 0.25) is 5.02 Å². The Balaban J connectivity index is 1.27. The molecular formula is C23H27ClN2O4. The normalized spacial score (nSPS) is 17.6. The Bertz CT molecular complexity index is 905. The van der Waals surface area contributed by atoms with Gasteiger partial charge in [0.25, 0.3) is 0 Å². The van der Waals surface area contributed by atoms with Crippen LogP contribution in [0.15, 0.2) is 36.4 Å². The number of nitrogens with one attached hydrogen (secondary N) is 1. The maximum absolute atomic E-state index is 12.4. The van der Waals surface area contributed by atoms with Crippen molar-refractivity contribution in [3.8, 4) is 17.2 Å². The average Bonchev–Trinajstić information content (AvgIpc) is 3.35. The van der Waals surface area contributed by atoms with Gasteiger partial charge < -0.3 is 24.4 Å². The number of carbonyl (C=O) groups excluding carboxylic acids is 1. The molecule has 0 aliphatic carbocycles. The van der Waals surface area contributed by atoms with E-state index in [1.165, 1.54) is 0 Å². The van der Waals surface area contributed by atoms with Gasteiger partial charge in [0.15, 0.2) is 11.5 Å². The van der Waals surface area contributed by atoms with Crippen molar-refractivity contribution >= 4 is 17.5 Å². The lowest BCUT2D eigenvalue weighted by atomic mass is 10.1. The lowest BCUT2D eigenvalue weighted by molar-refractivity contribution is -0.129. The fraction of sp³-hybridized carbons (Fsp3) is 0.435. The average molecular weight is 431 g/mol. The van der Waals surface area contributed by atoms with Crippen molar-refractivity contribution in [3.63, 3.8) is 0 Å². The van der Waals surface area contributed by atoms with E-state index in [0.717, 1.165) is 55.0 Å². The van der Waals surface area contributed by atoms with E-state index in [2.05, 4.69) is 11.4 Å². The molecule has 0 aromatic heterocycles. The topological polar surface area (TPSA) is 60.0 Å². The zero-order chi connectivity index (χ0) is 20.9. The summed E-state index contributed by atoms with van der Waals surface area (Å²) in [6, 6.07) is 12.0. The predicted molar refractivity (Wildman–Crippen MR) is 115 cm³/mol. The van der Waals surface area contributed by atoms with Crippen LogP contribution < -0.4 is 19.5 Å². The van der Waals surface area contributed by atoms with Crippen LogP contribution in [-0.4, -0.2) is 43.8 Å². The van der Waals surface area contributed by atoms with E-state index >= 15 is 0 Å². The first-order valence-corrected chi connectivity index (χ1v) is 10.7. The van der Waals surface area contributed by atoms with Crippen LogP contribution in [0, 0.1) is 0 Å². The molecule has 2 aliphatic rings. The molecule has 2 aliphatic heterocycles. The molecule has 0 spiro atoms. The first-order valence-electron chi connectivity index (χ1n) is 10.4. The van der Waals surface area contributed by atoms with Crippen molar-refractivity contribution in [1.82, 2.24) is 10.2 Å². The number of halogens is 1. The highest BCUT2D eigenvalue weighted by atomic mass is 35.5. The lowest BCUT2D eigenvalue weighted by Gasteiger charge is -2.25. The summed E-state index contributed by atoms with van der Waals surface area (Å²) >= 11 is 6.34. The zero-order valence-electron chi connectivity index (χ0n) is 17.2. The summed E-state index contributed by atoms with van der Waals surface area (Å²) in [5, 5.41) is 4.12. The van der Waals surface area contributed by atoms with Gasteiger partial charge in [-0.1, -0.05) is 29.8 Å². The molecule has 1 saturated heterocycles. The standard InChI is InChI=1S/C23H27ClN2O4/c1-28-20-5-3-2-4-16(20)9-11-26-18(6-7-23(26)27)8-10-25-14-17-12-21-22(13-19(17)24)30-15-29-21/h2-5,12-13,18,25H,6-11,14-15H2,1H3/t18-/m0/s1. The number of hydrogen-bond donors (Lipinski definition) is 1. The van der Waals surface area contributed by atoms with Gasteiger partial charge in [0.2, 0.25) is 12.7 Å². The van der Waals surface area contributed by atoms with Crippen molar-refractivity contribution in [1.29, 1.82) is 0 Å². The first-order chi connectivity index (χ1) is 14.7. The predicted octanol–water partition coefficient (Wildman–Crippen LogP) is 3.79. The number of likely N-dealkylation sites (tertiary alicyclic amines) is 1. The molecule has 2 aromatic carbocycles. The van der Waals surface area contributed by atoms with Gasteiger partial charge in [-0.2, -0.15) is 0 Å². The summed E-state index contributed by atoms with van der Waals surface area (Å²) in [4.78, 5) is 14.4. The smallest absolute Gasteiger partial charge is 0.231 e. The third kappa shape index (κ3) is 4.65. The van der Waals surface area contributed by atoms with Crippen molar-refractivity contribution in [2.24, 2.45) is 0 Å². The maximum atomic E-state index is 12.4. The van der Waals surface area contributed by atoms with Gasteiger partial charge in [-0.15, -0.1) is 0 Å². The highest BCUT2D eigenvalue weighted by molar-refractivity contribution is 6.31. The van der Waals surface area contributed by atoms with Crippen LogP contribution in [0.3, 0.4) is 0 Å². The van der Waals surface area contributed by atoms with E-state index in [0.29, 0.717) is 23.7 Å². The van der Waals surface area contributed by atoms with Crippen LogP contribution in [0.4, 0.5) is 0 Å². The molecule has 2 aromatic rings. The van der Waals surface area contributed by atoms with E-state index < -0.39 is 0 Å². The monoisotopic (exact) mass is 430 g/mol. The number of hydrogen-bond acceptors (Lipinski definition) is 5. The van der Waals surface area contributed by atoms with Gasteiger partial charge in [-0.05, 0) is 49.1 Å². The molecule has 0 radical (unpaired) electrons. The van der Waals surface area contributed by atoms with Crippen molar-refractivity contribution in [2.75, 3.05) is 27.0 Å². The van der Waals surface area contributed by atoms with Crippen LogP contribution in [0.1, 0.15) is 30.4 Å². The van der Waals surface area contributed by atoms with Gasteiger partial charge in [0, 0.05) is 36.6 Å². The molecule has 30 heavy (non-hydrogen) atoms. The second-order valence-corrected chi connectivity index (χ2v) is 8.01. The minimum Gasteiger partial charge on any atom is -0.496 e. The number of fused-ring (bicyclic) bond motifs is 1. The van der Waals surface area contributed by atoms with E-state index in [4.69, 9.17) is 25.8 Å². The number of nitrogens with zero attached hydrogens (tertiary/aromatic N) is 1. The first kappa shape index (κ1) is 20.8. The third-order valence-electron chi connectivity index (χ3n) is 5.78. The molecule has 1 amide bonds. The largest absolute Gasteiger partial charge is 0.496 e. The molecule has 0 saturated carbocycles. The Morgan fingerprint density at radius 1 is 1.20 bits per heavy atom. The molecule has 2 heterocycles. The Morgan fingerprint density at radius 2 is 2.00 bits per heavy atom. The quantitative estimate of drug-likeness (QED) is 0.613. The number of ether oxygens (including phenoxy) is 3. The second-order valence-electron chi connectivity index (χ2n) is 7.60. The van der Waals surface area contributed by atoms with E-state index in [9.17, 15) is 4.79 Å². The van der Waals surface area contributed by atoms with Crippen molar-refractivity contribution in [3.05, 3.63) is 52.5 Å². The van der Waals surface area contributed by atoms with Gasteiger partial charge >= 0.3 is 0 Å². The number of amides is 1. The number of rotatable bonds is 9. The van der Waals surface area contributed by atoms with Gasteiger partial charge in [-0.25, -0.2) is 0 Å². The fourth-order valence-electron chi connectivity index (χ4n) is 4.14. The minimum atomic E-state index is 0.239. The zero-order valence-corrected chi connectivity index (χ0v) is 17.9. The van der Waals surface area contributed by atoms with E-state index in [1.54, 1.807) is 13.2 Å². The number of para-hydroxylation sites is 1. The molecule has 0 bridgehead atoms. The highest BCUT2D eigenvalue weighted by Gasteiger charge is 2.30. The highest BCUT2D eigenvalue weighted by Crippen LogP contribution is 2.36. The van der Waals surface area contributed by atoms with Crippen molar-refractivity contribution in [2.45, 2.75) is 38.3 Å². The van der Waals surface area contributed by atoms with Crippen LogP contribution in [0.25, 0.3) is 0 Å². The summed E-state index contributed by atoms with van der Waals surface area (Å²) in [6.45, 7) is 2.42. The summed E-state index contributed by atoms with van der Waals surface area (Å²) in [6.07, 6.45) is 3.26. The molecular weight excluding hydrogens is 404 g/mol. The Kier molecular flexibility index (Phi) is 6.65. The van der Waals surface area contributed by atoms with E-state index in [1.807, 2.05) is 29.2 Å². The molecule has 7 heteroatoms. The van der Waals surface area contributed by atoms with Gasteiger partial charge in [0.05, 0.1) is 7.11 Å². The summed E-state index contributed by atoms with van der Waals surface area (Å²) in [5.74, 6) is 2.55. The van der Waals surface area contributed by atoms with Gasteiger partial charge in [-0.3, -0.25) is 4.79 Å². The summed E-state index contributed by atoms with van der Waals surface area (Å²) < 4.78 is 16.2. The number of methoxy groups -OCH3 is 1.